The molecule has 0 bridgehead atoms. The van der Waals surface area contributed by atoms with Crippen LogP contribution < -0.4 is 10.1 Å². The average molecular weight is 391 g/mol. The SMILES string of the molecule is O[C@@H]1CCN([C@H]2COc3ccccc3[C@@H]2Nc2ncnc3[nH]c(C4CC4)cc23)C1. The monoisotopic (exact) mass is 391 g/mol. The molecule has 0 amide bonds. The van der Waals surface area contributed by atoms with E-state index >= 15 is 0 Å². The van der Waals surface area contributed by atoms with Gasteiger partial charge in [-0.1, -0.05) is 18.2 Å². The number of para-hydroxylation sites is 1. The van der Waals surface area contributed by atoms with Crippen molar-refractivity contribution in [1.29, 1.82) is 0 Å². The number of β-amino-alcohol motifs (C(OH)–C–C–N with tert-alkyl or cyclic N) is 1. The Hall–Kier alpha value is -2.64. The van der Waals surface area contributed by atoms with E-state index in [0.29, 0.717) is 19.1 Å². The van der Waals surface area contributed by atoms with Gasteiger partial charge in [-0.2, -0.15) is 0 Å². The van der Waals surface area contributed by atoms with Crippen LogP contribution in [0.1, 0.15) is 42.5 Å². The number of anilines is 1. The highest BCUT2D eigenvalue weighted by molar-refractivity contribution is 5.88. The van der Waals surface area contributed by atoms with Crippen LogP contribution in [0.3, 0.4) is 0 Å². The molecule has 1 saturated carbocycles. The van der Waals surface area contributed by atoms with Crippen LogP contribution in [0.15, 0.2) is 36.7 Å². The van der Waals surface area contributed by atoms with Gasteiger partial charge in [-0.05, 0) is 37.3 Å². The lowest BCUT2D eigenvalue weighted by Gasteiger charge is -2.39. The predicted molar refractivity (Wildman–Crippen MR) is 110 cm³/mol. The van der Waals surface area contributed by atoms with Crippen LogP contribution in [0, 0.1) is 0 Å². The molecule has 29 heavy (non-hydrogen) atoms. The third-order valence-electron chi connectivity index (χ3n) is 6.47. The molecule has 0 radical (unpaired) electrons. The van der Waals surface area contributed by atoms with Crippen molar-refractivity contribution >= 4 is 16.9 Å². The van der Waals surface area contributed by atoms with Crippen LogP contribution in [0.25, 0.3) is 11.0 Å². The Morgan fingerprint density at radius 2 is 2.07 bits per heavy atom. The molecule has 7 nitrogen and oxygen atoms in total. The van der Waals surface area contributed by atoms with Gasteiger partial charge >= 0.3 is 0 Å². The van der Waals surface area contributed by atoms with Crippen LogP contribution in [-0.2, 0) is 0 Å². The Morgan fingerprint density at radius 3 is 2.90 bits per heavy atom. The van der Waals surface area contributed by atoms with E-state index in [1.165, 1.54) is 18.5 Å². The summed E-state index contributed by atoms with van der Waals surface area (Å²) in [4.78, 5) is 14.8. The molecule has 1 aliphatic carbocycles. The smallest absolute Gasteiger partial charge is 0.143 e. The zero-order valence-electron chi connectivity index (χ0n) is 16.2. The molecule has 0 unspecified atom stereocenters. The largest absolute Gasteiger partial charge is 0.491 e. The van der Waals surface area contributed by atoms with E-state index in [4.69, 9.17) is 4.74 Å². The Bertz CT molecular complexity index is 1050. The molecule has 2 aliphatic heterocycles. The Balaban J connectivity index is 1.39. The number of nitrogens with one attached hydrogen (secondary N) is 2. The van der Waals surface area contributed by atoms with Crippen molar-refractivity contribution in [1.82, 2.24) is 19.9 Å². The van der Waals surface area contributed by atoms with E-state index in [1.54, 1.807) is 6.33 Å². The Kier molecular flexibility index (Phi) is 3.99. The molecule has 7 heteroatoms. The fourth-order valence-electron chi connectivity index (χ4n) is 4.74. The van der Waals surface area contributed by atoms with Crippen molar-refractivity contribution in [3.8, 4) is 5.75 Å². The molecule has 2 aromatic heterocycles. The fourth-order valence-corrected chi connectivity index (χ4v) is 4.74. The predicted octanol–water partition coefficient (Wildman–Crippen LogP) is 2.82. The normalized spacial score (nSPS) is 27.0. The molecule has 3 aliphatic rings. The van der Waals surface area contributed by atoms with Crippen molar-refractivity contribution in [3.05, 3.63) is 47.9 Å². The second-order valence-corrected chi connectivity index (χ2v) is 8.46. The standard InChI is InChI=1S/C22H25N5O2/c28-14-7-8-27(10-14)18-11-29-19-4-2-1-3-15(19)20(18)26-22-16-9-17(13-5-6-13)25-21(16)23-12-24-22/h1-4,9,12-14,18,20,28H,5-8,10-11H2,(H2,23,24,25,26)/t14-,18+,20+/m1/s1. The minimum atomic E-state index is -0.260. The van der Waals surface area contributed by atoms with Gasteiger partial charge in [-0.3, -0.25) is 4.90 Å². The van der Waals surface area contributed by atoms with Crippen LogP contribution in [0.4, 0.5) is 5.82 Å². The van der Waals surface area contributed by atoms with E-state index in [1.807, 2.05) is 12.1 Å². The summed E-state index contributed by atoms with van der Waals surface area (Å²) in [5.41, 5.74) is 3.28. The number of aromatic amines is 1. The summed E-state index contributed by atoms with van der Waals surface area (Å²) in [7, 11) is 0. The number of nitrogens with zero attached hydrogens (tertiary/aromatic N) is 3. The minimum absolute atomic E-state index is 0.0302. The molecule has 3 atom stereocenters. The summed E-state index contributed by atoms with van der Waals surface area (Å²) in [6.07, 6.45) is 4.67. The maximum absolute atomic E-state index is 10.1. The van der Waals surface area contributed by atoms with Crippen molar-refractivity contribution < 1.29 is 9.84 Å². The summed E-state index contributed by atoms with van der Waals surface area (Å²) in [6.45, 7) is 2.16. The first-order valence-electron chi connectivity index (χ1n) is 10.5. The Morgan fingerprint density at radius 1 is 1.17 bits per heavy atom. The number of aliphatic hydroxyl groups excluding tert-OH is 1. The number of hydrogen-bond acceptors (Lipinski definition) is 6. The second-order valence-electron chi connectivity index (χ2n) is 8.46. The molecule has 4 heterocycles. The molecular weight excluding hydrogens is 366 g/mol. The lowest BCUT2D eigenvalue weighted by Crippen LogP contribution is -2.47. The van der Waals surface area contributed by atoms with E-state index in [0.717, 1.165) is 41.1 Å². The molecule has 1 saturated heterocycles. The van der Waals surface area contributed by atoms with Crippen LogP contribution in [-0.4, -0.2) is 56.8 Å². The van der Waals surface area contributed by atoms with Gasteiger partial charge in [0.25, 0.3) is 0 Å². The van der Waals surface area contributed by atoms with Crippen molar-refractivity contribution in [2.75, 3.05) is 25.0 Å². The zero-order chi connectivity index (χ0) is 19.4. The van der Waals surface area contributed by atoms with E-state index in [-0.39, 0.29) is 18.2 Å². The van der Waals surface area contributed by atoms with Crippen LogP contribution >= 0.6 is 0 Å². The number of rotatable bonds is 4. The van der Waals surface area contributed by atoms with Gasteiger partial charge in [0, 0.05) is 24.3 Å². The highest BCUT2D eigenvalue weighted by Gasteiger charge is 2.38. The van der Waals surface area contributed by atoms with E-state index in [2.05, 4.69) is 43.4 Å². The number of benzene rings is 1. The number of aliphatic hydroxyl groups is 1. The molecule has 2 fully saturated rings. The van der Waals surface area contributed by atoms with Crippen LogP contribution in [0.2, 0.25) is 0 Å². The van der Waals surface area contributed by atoms with Crippen molar-refractivity contribution in [2.45, 2.75) is 43.4 Å². The number of fused-ring (bicyclic) bond motifs is 2. The molecule has 6 rings (SSSR count). The fraction of sp³-hybridized carbons (Fsp3) is 0.455. The van der Waals surface area contributed by atoms with Crippen LogP contribution in [0.5, 0.6) is 5.75 Å². The van der Waals surface area contributed by atoms with Gasteiger partial charge < -0.3 is 20.1 Å². The summed E-state index contributed by atoms with van der Waals surface area (Å²) >= 11 is 0. The maximum atomic E-state index is 10.1. The van der Waals surface area contributed by atoms with E-state index < -0.39 is 0 Å². The Labute approximate surface area is 169 Å². The number of hydrogen-bond donors (Lipinski definition) is 3. The lowest BCUT2D eigenvalue weighted by molar-refractivity contribution is 0.105. The second kappa shape index (κ2) is 6.71. The third-order valence-corrected chi connectivity index (χ3v) is 6.47. The highest BCUT2D eigenvalue weighted by Crippen LogP contribution is 2.42. The van der Waals surface area contributed by atoms with Gasteiger partial charge in [0.2, 0.25) is 0 Å². The molecule has 3 aromatic rings. The highest BCUT2D eigenvalue weighted by atomic mass is 16.5. The molecule has 3 N–H and O–H groups in total. The quantitative estimate of drug-likeness (QED) is 0.634. The third kappa shape index (κ3) is 3.05. The number of likely N-dealkylation sites (tertiary alicyclic amines) is 1. The number of aromatic nitrogens is 3. The first-order chi connectivity index (χ1) is 14.3. The molecule has 1 aromatic carbocycles. The summed E-state index contributed by atoms with van der Waals surface area (Å²) in [5, 5.41) is 14.8. The first kappa shape index (κ1) is 17.2. The zero-order valence-corrected chi connectivity index (χ0v) is 16.2. The molecule has 150 valence electrons. The number of H-pyrrole nitrogens is 1. The first-order valence-corrected chi connectivity index (χ1v) is 10.5. The lowest BCUT2D eigenvalue weighted by atomic mass is 9.95. The number of ether oxygens (including phenoxy) is 1. The van der Waals surface area contributed by atoms with Crippen molar-refractivity contribution in [2.24, 2.45) is 0 Å². The molecule has 0 spiro atoms. The summed E-state index contributed by atoms with van der Waals surface area (Å²) in [5.74, 6) is 2.41. The van der Waals surface area contributed by atoms with Gasteiger partial charge in [0.15, 0.2) is 0 Å². The maximum Gasteiger partial charge on any atom is 0.143 e. The van der Waals surface area contributed by atoms with Gasteiger partial charge in [-0.15, -0.1) is 0 Å². The minimum Gasteiger partial charge on any atom is -0.491 e. The van der Waals surface area contributed by atoms with E-state index in [9.17, 15) is 5.11 Å². The van der Waals surface area contributed by atoms with Gasteiger partial charge in [0.1, 0.15) is 30.1 Å². The average Bonchev–Trinajstić information content (AvgIpc) is 3.35. The van der Waals surface area contributed by atoms with Gasteiger partial charge in [-0.25, -0.2) is 9.97 Å². The summed E-state index contributed by atoms with van der Waals surface area (Å²) < 4.78 is 6.08. The topological polar surface area (TPSA) is 86.3 Å². The summed E-state index contributed by atoms with van der Waals surface area (Å²) in [6, 6.07) is 10.6. The molecular formula is C22H25N5O2. The van der Waals surface area contributed by atoms with Gasteiger partial charge in [0.05, 0.1) is 23.6 Å². The van der Waals surface area contributed by atoms with Crippen molar-refractivity contribution in [3.63, 3.8) is 0 Å².